The molecule has 1 atom stereocenters. The Bertz CT molecular complexity index is 444. The maximum atomic E-state index is 12.4. The molecule has 3 nitrogen and oxygen atoms in total. The first-order chi connectivity index (χ1) is 9.69. The zero-order chi connectivity index (χ0) is 14.4. The van der Waals surface area contributed by atoms with E-state index in [4.69, 9.17) is 0 Å². The van der Waals surface area contributed by atoms with Gasteiger partial charge in [-0.05, 0) is 44.0 Å². The molecule has 4 heteroatoms. The first-order valence-corrected chi connectivity index (χ1v) is 8.24. The summed E-state index contributed by atoms with van der Waals surface area (Å²) in [6, 6.07) is 8.46. The van der Waals surface area contributed by atoms with E-state index >= 15 is 0 Å². The molecule has 1 aliphatic heterocycles. The second kappa shape index (κ2) is 7.79. The normalized spacial score (nSPS) is 18.8. The van der Waals surface area contributed by atoms with Gasteiger partial charge < -0.3 is 10.2 Å². The summed E-state index contributed by atoms with van der Waals surface area (Å²) in [6.45, 7) is 4.76. The van der Waals surface area contributed by atoms with Crippen LogP contribution in [0, 0.1) is 0 Å². The number of piperidine rings is 1. The minimum absolute atomic E-state index is 0.220. The van der Waals surface area contributed by atoms with Gasteiger partial charge in [0.05, 0.1) is 6.42 Å². The molecule has 2 rings (SSSR count). The third kappa shape index (κ3) is 4.60. The summed E-state index contributed by atoms with van der Waals surface area (Å²) in [6.07, 6.45) is 4.20. The largest absolute Gasteiger partial charge is 0.341 e. The fourth-order valence-electron chi connectivity index (χ4n) is 2.69. The highest BCUT2D eigenvalue weighted by atomic mass is 79.9. The highest BCUT2D eigenvalue weighted by Crippen LogP contribution is 2.14. The molecule has 20 heavy (non-hydrogen) atoms. The van der Waals surface area contributed by atoms with Gasteiger partial charge in [0.1, 0.15) is 0 Å². The lowest BCUT2D eigenvalue weighted by atomic mass is 10.0. The Morgan fingerprint density at radius 1 is 1.45 bits per heavy atom. The van der Waals surface area contributed by atoms with Gasteiger partial charge in [0.15, 0.2) is 0 Å². The van der Waals surface area contributed by atoms with Gasteiger partial charge in [0.25, 0.3) is 0 Å². The summed E-state index contributed by atoms with van der Waals surface area (Å²) >= 11 is 3.45. The predicted octanol–water partition coefficient (Wildman–Crippen LogP) is 2.98. The second-order valence-electron chi connectivity index (χ2n) is 5.39. The minimum Gasteiger partial charge on any atom is -0.341 e. The molecule has 0 bridgehead atoms. The van der Waals surface area contributed by atoms with Crippen LogP contribution >= 0.6 is 15.9 Å². The van der Waals surface area contributed by atoms with Crippen molar-refractivity contribution in [3.05, 3.63) is 34.3 Å². The van der Waals surface area contributed by atoms with Gasteiger partial charge in [-0.2, -0.15) is 0 Å². The molecule has 0 aliphatic carbocycles. The summed E-state index contributed by atoms with van der Waals surface area (Å²) < 4.78 is 1.03. The maximum Gasteiger partial charge on any atom is 0.227 e. The average Bonchev–Trinajstić information content (AvgIpc) is 2.45. The highest BCUT2D eigenvalue weighted by Gasteiger charge is 2.19. The standard InChI is InChI=1S/C16H23BrN2O/c1-2-19(12-15-8-3-4-9-18-15)16(20)11-13-6-5-7-14(17)10-13/h5-7,10,15,18H,2-4,8-9,11-12H2,1H3. The number of likely N-dealkylation sites (N-methyl/N-ethyl adjacent to an activating group) is 1. The van der Waals surface area contributed by atoms with Gasteiger partial charge in [0, 0.05) is 23.6 Å². The van der Waals surface area contributed by atoms with Crippen LogP contribution in [0.2, 0.25) is 0 Å². The van der Waals surface area contributed by atoms with Crippen molar-refractivity contribution in [2.24, 2.45) is 0 Å². The Balaban J connectivity index is 1.91. The zero-order valence-corrected chi connectivity index (χ0v) is 13.7. The molecule has 1 amide bonds. The number of amides is 1. The third-order valence-corrected chi connectivity index (χ3v) is 4.33. The molecule has 1 N–H and O–H groups in total. The molecule has 1 saturated heterocycles. The van der Waals surface area contributed by atoms with Crippen molar-refractivity contribution in [2.45, 2.75) is 38.6 Å². The van der Waals surface area contributed by atoms with E-state index < -0.39 is 0 Å². The number of nitrogens with zero attached hydrogens (tertiary/aromatic N) is 1. The molecule has 1 fully saturated rings. The monoisotopic (exact) mass is 338 g/mol. The SMILES string of the molecule is CCN(CC1CCCCN1)C(=O)Cc1cccc(Br)c1. The maximum absolute atomic E-state index is 12.4. The highest BCUT2D eigenvalue weighted by molar-refractivity contribution is 9.10. The minimum atomic E-state index is 0.220. The molecule has 1 unspecified atom stereocenters. The number of benzene rings is 1. The summed E-state index contributed by atoms with van der Waals surface area (Å²) in [4.78, 5) is 14.4. The van der Waals surface area contributed by atoms with E-state index in [0.29, 0.717) is 12.5 Å². The third-order valence-electron chi connectivity index (χ3n) is 3.83. The van der Waals surface area contributed by atoms with E-state index in [-0.39, 0.29) is 5.91 Å². The van der Waals surface area contributed by atoms with Gasteiger partial charge in [-0.1, -0.05) is 34.5 Å². The first-order valence-electron chi connectivity index (χ1n) is 7.44. The van der Waals surface area contributed by atoms with E-state index in [1.807, 2.05) is 29.2 Å². The van der Waals surface area contributed by atoms with Crippen LogP contribution in [-0.2, 0) is 11.2 Å². The van der Waals surface area contributed by atoms with Crippen LogP contribution in [0.4, 0.5) is 0 Å². The Morgan fingerprint density at radius 3 is 2.95 bits per heavy atom. The first kappa shape index (κ1) is 15.5. The molecule has 0 spiro atoms. The lowest BCUT2D eigenvalue weighted by Gasteiger charge is -2.30. The van der Waals surface area contributed by atoms with Crippen molar-refractivity contribution in [3.63, 3.8) is 0 Å². The van der Waals surface area contributed by atoms with Crippen LogP contribution in [0.25, 0.3) is 0 Å². The fourth-order valence-corrected chi connectivity index (χ4v) is 3.13. The molecule has 1 heterocycles. The van der Waals surface area contributed by atoms with Crippen LogP contribution in [-0.4, -0.2) is 36.5 Å². The Morgan fingerprint density at radius 2 is 2.30 bits per heavy atom. The quantitative estimate of drug-likeness (QED) is 0.895. The average molecular weight is 339 g/mol. The van der Waals surface area contributed by atoms with Crippen LogP contribution < -0.4 is 5.32 Å². The molecule has 1 aliphatic rings. The van der Waals surface area contributed by atoms with E-state index in [1.165, 1.54) is 19.3 Å². The van der Waals surface area contributed by atoms with E-state index in [2.05, 4.69) is 28.2 Å². The van der Waals surface area contributed by atoms with Gasteiger partial charge in [0.2, 0.25) is 5.91 Å². The van der Waals surface area contributed by atoms with Crippen LogP contribution in [0.1, 0.15) is 31.7 Å². The number of halogens is 1. The summed E-state index contributed by atoms with van der Waals surface area (Å²) in [5, 5.41) is 3.51. The molecular formula is C16H23BrN2O. The summed E-state index contributed by atoms with van der Waals surface area (Å²) in [5.41, 5.74) is 1.07. The smallest absolute Gasteiger partial charge is 0.227 e. The zero-order valence-electron chi connectivity index (χ0n) is 12.1. The Kier molecular flexibility index (Phi) is 6.05. The predicted molar refractivity (Wildman–Crippen MR) is 85.7 cm³/mol. The van der Waals surface area contributed by atoms with Crippen molar-refractivity contribution in [2.75, 3.05) is 19.6 Å². The van der Waals surface area contributed by atoms with Crippen molar-refractivity contribution in [1.82, 2.24) is 10.2 Å². The lowest BCUT2D eigenvalue weighted by Crippen LogP contribution is -2.46. The van der Waals surface area contributed by atoms with Gasteiger partial charge in [-0.25, -0.2) is 0 Å². The fraction of sp³-hybridized carbons (Fsp3) is 0.562. The van der Waals surface area contributed by atoms with Gasteiger partial charge in [-0.15, -0.1) is 0 Å². The van der Waals surface area contributed by atoms with E-state index in [9.17, 15) is 4.79 Å². The number of carbonyl (C=O) groups is 1. The number of rotatable bonds is 5. The number of nitrogens with one attached hydrogen (secondary N) is 1. The lowest BCUT2D eigenvalue weighted by molar-refractivity contribution is -0.130. The van der Waals surface area contributed by atoms with E-state index in [1.54, 1.807) is 0 Å². The van der Waals surface area contributed by atoms with Crippen molar-refractivity contribution in [3.8, 4) is 0 Å². The van der Waals surface area contributed by atoms with Crippen molar-refractivity contribution < 1.29 is 4.79 Å². The molecular weight excluding hydrogens is 316 g/mol. The molecule has 1 aromatic carbocycles. The molecule has 110 valence electrons. The Hall–Kier alpha value is -0.870. The second-order valence-corrected chi connectivity index (χ2v) is 6.30. The topological polar surface area (TPSA) is 32.3 Å². The van der Waals surface area contributed by atoms with Crippen molar-refractivity contribution >= 4 is 21.8 Å². The summed E-state index contributed by atoms with van der Waals surface area (Å²) in [5.74, 6) is 0.220. The number of hydrogen-bond donors (Lipinski definition) is 1. The molecule has 1 aromatic rings. The van der Waals surface area contributed by atoms with Crippen LogP contribution in [0.5, 0.6) is 0 Å². The molecule has 0 radical (unpaired) electrons. The number of carbonyl (C=O) groups excluding carboxylic acids is 1. The molecule has 0 aromatic heterocycles. The van der Waals surface area contributed by atoms with Crippen LogP contribution in [0.3, 0.4) is 0 Å². The van der Waals surface area contributed by atoms with E-state index in [0.717, 1.165) is 29.7 Å². The van der Waals surface area contributed by atoms with Gasteiger partial charge in [-0.3, -0.25) is 4.79 Å². The molecule has 0 saturated carbocycles. The van der Waals surface area contributed by atoms with Crippen molar-refractivity contribution in [1.29, 1.82) is 0 Å². The number of hydrogen-bond acceptors (Lipinski definition) is 2. The Labute approximate surface area is 129 Å². The summed E-state index contributed by atoms with van der Waals surface area (Å²) in [7, 11) is 0. The van der Waals surface area contributed by atoms with Gasteiger partial charge >= 0.3 is 0 Å². The van der Waals surface area contributed by atoms with Crippen LogP contribution in [0.15, 0.2) is 28.7 Å².